The van der Waals surface area contributed by atoms with Crippen LogP contribution in [0.15, 0.2) is 30.3 Å². The van der Waals surface area contributed by atoms with Crippen LogP contribution >= 0.6 is 0 Å². The molecule has 1 heterocycles. The van der Waals surface area contributed by atoms with E-state index in [1.54, 1.807) is 6.07 Å². The number of carbonyl (C=O) groups excluding carboxylic acids is 1. The Labute approximate surface area is 110 Å². The number of hydrogen-bond donors (Lipinski definition) is 2. The molecule has 0 saturated carbocycles. The van der Waals surface area contributed by atoms with Gasteiger partial charge < -0.3 is 5.11 Å². The summed E-state index contributed by atoms with van der Waals surface area (Å²) in [5.74, 6) is 0. The highest BCUT2D eigenvalue weighted by Crippen LogP contribution is 2.47. The van der Waals surface area contributed by atoms with Crippen molar-refractivity contribution in [2.45, 2.75) is 25.5 Å². The van der Waals surface area contributed by atoms with Crippen molar-refractivity contribution in [1.29, 1.82) is 0 Å². The van der Waals surface area contributed by atoms with Gasteiger partial charge in [0.1, 0.15) is 0 Å². The van der Waals surface area contributed by atoms with Crippen molar-refractivity contribution in [3.8, 4) is 0 Å². The molecule has 0 saturated heterocycles. The molecule has 4 nitrogen and oxygen atoms in total. The highest BCUT2D eigenvalue weighted by atomic mass is 16.5. The SMILES string of the molecule is CC1(C)c2cc(C=O)c3ccccc3c2N(O)C1O. The lowest BCUT2D eigenvalue weighted by Crippen LogP contribution is -2.39. The minimum absolute atomic E-state index is 0.574. The second kappa shape index (κ2) is 3.79. The molecular weight excluding hydrogens is 242 g/mol. The Morgan fingerprint density at radius 1 is 1.26 bits per heavy atom. The van der Waals surface area contributed by atoms with Gasteiger partial charge in [-0.05, 0) is 17.0 Å². The van der Waals surface area contributed by atoms with Gasteiger partial charge in [0.25, 0.3) is 0 Å². The summed E-state index contributed by atoms with van der Waals surface area (Å²) in [6.45, 7) is 3.69. The Hall–Kier alpha value is -1.91. The Kier molecular flexibility index (Phi) is 2.42. The maximum absolute atomic E-state index is 11.3. The average Bonchev–Trinajstić information content (AvgIpc) is 2.59. The van der Waals surface area contributed by atoms with Gasteiger partial charge in [-0.3, -0.25) is 10.0 Å². The Morgan fingerprint density at radius 2 is 1.89 bits per heavy atom. The van der Waals surface area contributed by atoms with E-state index in [-0.39, 0.29) is 0 Å². The topological polar surface area (TPSA) is 60.8 Å². The van der Waals surface area contributed by atoms with E-state index in [2.05, 4.69) is 0 Å². The molecular formula is C15H15NO3. The van der Waals surface area contributed by atoms with E-state index in [4.69, 9.17) is 0 Å². The largest absolute Gasteiger partial charge is 0.370 e. The summed E-state index contributed by atoms with van der Waals surface area (Å²) in [5.41, 5.74) is 1.30. The number of nitrogens with zero attached hydrogens (tertiary/aromatic N) is 1. The summed E-state index contributed by atoms with van der Waals surface area (Å²) < 4.78 is 0. The molecule has 19 heavy (non-hydrogen) atoms. The molecule has 2 N–H and O–H groups in total. The first-order valence-electron chi connectivity index (χ1n) is 6.16. The third-order valence-corrected chi connectivity index (χ3v) is 3.98. The fourth-order valence-corrected chi connectivity index (χ4v) is 2.79. The second-order valence-electron chi connectivity index (χ2n) is 5.47. The molecule has 0 amide bonds. The lowest BCUT2D eigenvalue weighted by Gasteiger charge is -2.25. The quantitative estimate of drug-likeness (QED) is 0.770. The van der Waals surface area contributed by atoms with Crippen LogP contribution in [0.4, 0.5) is 5.69 Å². The highest BCUT2D eigenvalue weighted by Gasteiger charge is 2.44. The normalized spacial score (nSPS) is 20.6. The lowest BCUT2D eigenvalue weighted by molar-refractivity contribution is 0.0330. The van der Waals surface area contributed by atoms with Crippen LogP contribution in [-0.4, -0.2) is 22.8 Å². The number of fused-ring (bicyclic) bond motifs is 3. The van der Waals surface area contributed by atoms with Gasteiger partial charge in [-0.15, -0.1) is 0 Å². The van der Waals surface area contributed by atoms with Crippen LogP contribution in [0.2, 0.25) is 0 Å². The average molecular weight is 257 g/mol. The van der Waals surface area contributed by atoms with E-state index in [9.17, 15) is 15.1 Å². The molecule has 2 aromatic rings. The van der Waals surface area contributed by atoms with Crippen LogP contribution in [0.1, 0.15) is 29.8 Å². The Morgan fingerprint density at radius 3 is 2.53 bits per heavy atom. The van der Waals surface area contributed by atoms with E-state index in [0.29, 0.717) is 11.3 Å². The fourth-order valence-electron chi connectivity index (χ4n) is 2.79. The Bertz CT molecular complexity index is 678. The summed E-state index contributed by atoms with van der Waals surface area (Å²) in [6, 6.07) is 9.14. The number of rotatable bonds is 1. The molecule has 2 aromatic carbocycles. The Balaban J connectivity index is 2.47. The highest BCUT2D eigenvalue weighted by molar-refractivity contribution is 6.06. The molecule has 4 heteroatoms. The number of benzene rings is 2. The van der Waals surface area contributed by atoms with Crippen molar-refractivity contribution in [2.75, 3.05) is 5.06 Å². The van der Waals surface area contributed by atoms with Gasteiger partial charge in [-0.1, -0.05) is 38.1 Å². The number of aliphatic hydroxyl groups excluding tert-OH is 1. The van der Waals surface area contributed by atoms with Crippen molar-refractivity contribution in [1.82, 2.24) is 0 Å². The van der Waals surface area contributed by atoms with Crippen LogP contribution < -0.4 is 5.06 Å². The summed E-state index contributed by atoms with van der Waals surface area (Å²) >= 11 is 0. The minimum atomic E-state index is -1.02. The van der Waals surface area contributed by atoms with Gasteiger partial charge in [-0.25, -0.2) is 5.06 Å². The first kappa shape index (κ1) is 12.1. The monoisotopic (exact) mass is 257 g/mol. The first-order chi connectivity index (χ1) is 8.98. The van der Waals surface area contributed by atoms with Gasteiger partial charge >= 0.3 is 0 Å². The molecule has 98 valence electrons. The van der Waals surface area contributed by atoms with E-state index in [1.165, 1.54) is 0 Å². The third-order valence-electron chi connectivity index (χ3n) is 3.98. The summed E-state index contributed by atoms with van der Waals surface area (Å²) in [4.78, 5) is 11.3. The van der Waals surface area contributed by atoms with Crippen molar-refractivity contribution in [3.05, 3.63) is 41.5 Å². The maximum Gasteiger partial charge on any atom is 0.160 e. The molecule has 1 unspecified atom stereocenters. The number of hydroxylamine groups is 1. The standard InChI is InChI=1S/C15H15NO3/c1-15(2)12-7-9(8-17)10-5-3-4-6-11(10)13(12)16(19)14(15)18/h3-8,14,18-19H,1-2H3. The fraction of sp³-hybridized carbons (Fsp3) is 0.267. The molecule has 0 spiro atoms. The predicted octanol–water partition coefficient (Wildman–Crippen LogP) is 2.46. The van der Waals surface area contributed by atoms with Gasteiger partial charge in [0.15, 0.2) is 12.5 Å². The van der Waals surface area contributed by atoms with E-state index >= 15 is 0 Å². The molecule has 3 rings (SSSR count). The number of aliphatic hydroxyl groups is 1. The van der Waals surface area contributed by atoms with Crippen molar-refractivity contribution in [2.24, 2.45) is 0 Å². The maximum atomic E-state index is 11.3. The van der Waals surface area contributed by atoms with Crippen molar-refractivity contribution in [3.63, 3.8) is 0 Å². The van der Waals surface area contributed by atoms with Crippen molar-refractivity contribution >= 4 is 22.7 Å². The van der Waals surface area contributed by atoms with E-state index in [0.717, 1.165) is 27.7 Å². The van der Waals surface area contributed by atoms with Gasteiger partial charge in [0.05, 0.1) is 5.69 Å². The molecule has 0 radical (unpaired) electrons. The van der Waals surface area contributed by atoms with Gasteiger partial charge in [0, 0.05) is 16.4 Å². The van der Waals surface area contributed by atoms with Gasteiger partial charge in [-0.2, -0.15) is 0 Å². The minimum Gasteiger partial charge on any atom is -0.370 e. The van der Waals surface area contributed by atoms with Crippen LogP contribution in [0, 0.1) is 0 Å². The molecule has 0 bridgehead atoms. The third kappa shape index (κ3) is 1.44. The molecule has 0 aliphatic carbocycles. The van der Waals surface area contributed by atoms with Crippen LogP contribution in [0.25, 0.3) is 10.8 Å². The zero-order valence-corrected chi connectivity index (χ0v) is 10.8. The van der Waals surface area contributed by atoms with Crippen LogP contribution in [0.5, 0.6) is 0 Å². The van der Waals surface area contributed by atoms with Crippen LogP contribution in [-0.2, 0) is 5.41 Å². The summed E-state index contributed by atoms with van der Waals surface area (Å²) in [5, 5.41) is 22.7. The van der Waals surface area contributed by atoms with Gasteiger partial charge in [0.2, 0.25) is 0 Å². The zero-order chi connectivity index (χ0) is 13.8. The molecule has 0 aromatic heterocycles. The zero-order valence-electron chi connectivity index (χ0n) is 10.8. The second-order valence-corrected chi connectivity index (χ2v) is 5.47. The van der Waals surface area contributed by atoms with E-state index in [1.807, 2.05) is 38.1 Å². The molecule has 1 aliphatic heterocycles. The number of hydrogen-bond acceptors (Lipinski definition) is 4. The smallest absolute Gasteiger partial charge is 0.160 e. The first-order valence-corrected chi connectivity index (χ1v) is 6.16. The number of aldehydes is 1. The number of carbonyl (C=O) groups is 1. The molecule has 0 fully saturated rings. The summed E-state index contributed by atoms with van der Waals surface area (Å²) in [7, 11) is 0. The van der Waals surface area contributed by atoms with Crippen molar-refractivity contribution < 1.29 is 15.1 Å². The van der Waals surface area contributed by atoms with E-state index < -0.39 is 11.6 Å². The lowest BCUT2D eigenvalue weighted by atomic mass is 9.83. The molecule has 1 atom stereocenters. The number of anilines is 1. The van der Waals surface area contributed by atoms with Crippen LogP contribution in [0.3, 0.4) is 0 Å². The molecule has 1 aliphatic rings. The summed E-state index contributed by atoms with van der Waals surface area (Å²) in [6.07, 6.45) is -0.210. The predicted molar refractivity (Wildman–Crippen MR) is 72.6 cm³/mol.